The number of thiazole rings is 1. The maximum Gasteiger partial charge on any atom is 0.275 e. The third-order valence-electron chi connectivity index (χ3n) is 4.54. The summed E-state index contributed by atoms with van der Waals surface area (Å²) < 4.78 is 32.5. The second kappa shape index (κ2) is 9.06. The van der Waals surface area contributed by atoms with Gasteiger partial charge in [0.25, 0.3) is 5.91 Å². The minimum absolute atomic E-state index is 0.0301. The molecule has 0 aliphatic carbocycles. The van der Waals surface area contributed by atoms with Crippen molar-refractivity contribution < 1.29 is 18.3 Å². The highest BCUT2D eigenvalue weighted by Crippen LogP contribution is 2.28. The molecule has 0 radical (unpaired) electrons. The molecule has 0 saturated carbocycles. The average molecular weight is 436 g/mol. The molecule has 1 amide bonds. The number of anilines is 1. The molecule has 4 aromatic rings. The van der Waals surface area contributed by atoms with Gasteiger partial charge in [0.15, 0.2) is 0 Å². The minimum atomic E-state index is -0.652. The summed E-state index contributed by atoms with van der Waals surface area (Å²) in [4.78, 5) is 16.9. The number of halogens is 2. The lowest BCUT2D eigenvalue weighted by atomic mass is 10.2. The summed E-state index contributed by atoms with van der Waals surface area (Å²) in [6.45, 7) is 1.95. The Kier molecular flexibility index (Phi) is 6.04. The molecule has 7 heteroatoms. The Hall–Kier alpha value is -3.58. The van der Waals surface area contributed by atoms with Crippen molar-refractivity contribution in [3.8, 4) is 16.3 Å². The van der Waals surface area contributed by atoms with Gasteiger partial charge in [-0.1, -0.05) is 29.8 Å². The molecule has 4 rings (SSSR count). The van der Waals surface area contributed by atoms with Gasteiger partial charge in [-0.25, -0.2) is 13.8 Å². The summed E-state index contributed by atoms with van der Waals surface area (Å²) in [5.74, 6) is -1.05. The molecule has 0 unspecified atom stereocenters. The van der Waals surface area contributed by atoms with E-state index >= 15 is 0 Å². The van der Waals surface area contributed by atoms with Gasteiger partial charge in [0.1, 0.15) is 34.7 Å². The molecular weight excluding hydrogens is 418 g/mol. The Labute approximate surface area is 182 Å². The number of aromatic nitrogens is 1. The summed E-state index contributed by atoms with van der Waals surface area (Å²) in [6, 6.07) is 18.0. The van der Waals surface area contributed by atoms with Crippen molar-refractivity contribution in [2.24, 2.45) is 0 Å². The summed E-state index contributed by atoms with van der Waals surface area (Å²) in [6.07, 6.45) is 0. The van der Waals surface area contributed by atoms with Gasteiger partial charge in [0.2, 0.25) is 0 Å². The summed E-state index contributed by atoms with van der Waals surface area (Å²) in [5, 5.41) is 5.18. The molecule has 0 aliphatic rings. The van der Waals surface area contributed by atoms with Gasteiger partial charge in [0.05, 0.1) is 0 Å². The number of ether oxygens (including phenoxy) is 1. The number of carbonyl (C=O) groups is 1. The highest BCUT2D eigenvalue weighted by molar-refractivity contribution is 7.13. The second-order valence-electron chi connectivity index (χ2n) is 6.91. The van der Waals surface area contributed by atoms with Gasteiger partial charge < -0.3 is 10.1 Å². The normalized spacial score (nSPS) is 10.7. The molecule has 156 valence electrons. The molecule has 0 saturated heterocycles. The number of hydrogen-bond donors (Lipinski definition) is 1. The molecule has 0 bridgehead atoms. The van der Waals surface area contributed by atoms with Gasteiger partial charge in [-0.15, -0.1) is 11.3 Å². The fourth-order valence-electron chi connectivity index (χ4n) is 2.86. The van der Waals surface area contributed by atoms with Gasteiger partial charge in [-0.3, -0.25) is 4.79 Å². The molecule has 4 nitrogen and oxygen atoms in total. The Morgan fingerprint density at radius 2 is 1.87 bits per heavy atom. The Balaban J connectivity index is 1.45. The number of amides is 1. The zero-order valence-electron chi connectivity index (χ0n) is 16.6. The number of hydrogen-bond acceptors (Lipinski definition) is 4. The number of aryl methyl sites for hydroxylation is 1. The zero-order chi connectivity index (χ0) is 21.8. The van der Waals surface area contributed by atoms with Crippen LogP contribution in [0, 0.1) is 18.6 Å². The SMILES string of the molecule is Cc1ccc(NC(=O)c2csc(-c3cccc(OCc4ccc(F)cc4F)c3)n2)cc1. The number of nitrogens with one attached hydrogen (secondary N) is 1. The molecule has 0 fully saturated rings. The first-order chi connectivity index (χ1) is 15.0. The molecule has 1 N–H and O–H groups in total. The third kappa shape index (κ3) is 5.13. The van der Waals surface area contributed by atoms with E-state index in [1.165, 1.54) is 23.5 Å². The van der Waals surface area contributed by atoms with Crippen LogP contribution >= 0.6 is 11.3 Å². The molecule has 1 heterocycles. The van der Waals surface area contributed by atoms with E-state index in [-0.39, 0.29) is 18.1 Å². The predicted octanol–water partition coefficient (Wildman–Crippen LogP) is 6.23. The number of carbonyl (C=O) groups excluding carboxylic acids is 1. The highest BCUT2D eigenvalue weighted by Gasteiger charge is 2.13. The van der Waals surface area contributed by atoms with E-state index in [1.54, 1.807) is 23.6 Å². The van der Waals surface area contributed by atoms with Crippen molar-refractivity contribution in [3.05, 3.63) is 101 Å². The lowest BCUT2D eigenvalue weighted by Gasteiger charge is -2.08. The van der Waals surface area contributed by atoms with Crippen LogP contribution in [-0.2, 0) is 6.61 Å². The largest absolute Gasteiger partial charge is 0.489 e. The van der Waals surface area contributed by atoms with Crippen molar-refractivity contribution in [2.45, 2.75) is 13.5 Å². The average Bonchev–Trinajstić information content (AvgIpc) is 3.26. The van der Waals surface area contributed by atoms with E-state index in [2.05, 4.69) is 10.3 Å². The number of nitrogens with zero attached hydrogens (tertiary/aromatic N) is 1. The molecule has 0 spiro atoms. The standard InChI is InChI=1S/C24H18F2N2O2S/c1-15-5-9-19(10-6-15)27-23(29)22-14-31-24(28-22)16-3-2-4-20(11-16)30-13-17-7-8-18(25)12-21(17)26/h2-12,14H,13H2,1H3,(H,27,29). The van der Waals surface area contributed by atoms with Crippen molar-refractivity contribution >= 4 is 22.9 Å². The Bertz CT molecular complexity index is 1220. The third-order valence-corrected chi connectivity index (χ3v) is 5.43. The molecule has 1 aromatic heterocycles. The van der Waals surface area contributed by atoms with Crippen LogP contribution in [0.3, 0.4) is 0 Å². The lowest BCUT2D eigenvalue weighted by Crippen LogP contribution is -2.12. The first-order valence-corrected chi connectivity index (χ1v) is 10.4. The molecule has 0 aliphatic heterocycles. The maximum absolute atomic E-state index is 13.8. The van der Waals surface area contributed by atoms with Crippen LogP contribution in [0.25, 0.3) is 10.6 Å². The fourth-order valence-corrected chi connectivity index (χ4v) is 3.66. The first-order valence-electron chi connectivity index (χ1n) is 9.48. The highest BCUT2D eigenvalue weighted by atomic mass is 32.1. The monoisotopic (exact) mass is 436 g/mol. The van der Waals surface area contributed by atoms with Gasteiger partial charge in [0, 0.05) is 28.3 Å². The van der Waals surface area contributed by atoms with Gasteiger partial charge in [-0.2, -0.15) is 0 Å². The van der Waals surface area contributed by atoms with Crippen molar-refractivity contribution in [2.75, 3.05) is 5.32 Å². The second-order valence-corrected chi connectivity index (χ2v) is 7.77. The molecule has 0 atom stereocenters. The Morgan fingerprint density at radius 1 is 1.06 bits per heavy atom. The van der Waals surface area contributed by atoms with Crippen molar-refractivity contribution in [1.82, 2.24) is 4.98 Å². The fraction of sp³-hybridized carbons (Fsp3) is 0.0833. The van der Waals surface area contributed by atoms with Crippen molar-refractivity contribution in [3.63, 3.8) is 0 Å². The van der Waals surface area contributed by atoms with Gasteiger partial charge >= 0.3 is 0 Å². The van der Waals surface area contributed by atoms with Crippen LogP contribution in [0.5, 0.6) is 5.75 Å². The van der Waals surface area contributed by atoms with E-state index in [0.29, 0.717) is 22.1 Å². The van der Waals surface area contributed by atoms with Gasteiger partial charge in [-0.05, 0) is 43.3 Å². The van der Waals surface area contributed by atoms with E-state index in [0.717, 1.165) is 17.2 Å². The van der Waals surface area contributed by atoms with E-state index in [1.807, 2.05) is 37.3 Å². The zero-order valence-corrected chi connectivity index (χ0v) is 17.4. The van der Waals surface area contributed by atoms with E-state index in [4.69, 9.17) is 4.74 Å². The van der Waals surface area contributed by atoms with E-state index < -0.39 is 11.6 Å². The topological polar surface area (TPSA) is 51.2 Å². The minimum Gasteiger partial charge on any atom is -0.489 e. The van der Waals surface area contributed by atoms with Crippen LogP contribution in [0.15, 0.2) is 72.1 Å². The summed E-state index contributed by atoms with van der Waals surface area (Å²) in [7, 11) is 0. The summed E-state index contributed by atoms with van der Waals surface area (Å²) in [5.41, 5.74) is 3.17. The number of rotatable bonds is 6. The predicted molar refractivity (Wildman–Crippen MR) is 117 cm³/mol. The van der Waals surface area contributed by atoms with Crippen LogP contribution < -0.4 is 10.1 Å². The quantitative estimate of drug-likeness (QED) is 0.390. The summed E-state index contributed by atoms with van der Waals surface area (Å²) >= 11 is 1.34. The lowest BCUT2D eigenvalue weighted by molar-refractivity contribution is 0.102. The molecule has 3 aromatic carbocycles. The van der Waals surface area contributed by atoms with Crippen LogP contribution in [0.4, 0.5) is 14.5 Å². The maximum atomic E-state index is 13.8. The van der Waals surface area contributed by atoms with Crippen molar-refractivity contribution in [1.29, 1.82) is 0 Å². The van der Waals surface area contributed by atoms with Crippen LogP contribution in [0.1, 0.15) is 21.6 Å². The van der Waals surface area contributed by atoms with Crippen LogP contribution in [0.2, 0.25) is 0 Å². The van der Waals surface area contributed by atoms with E-state index in [9.17, 15) is 13.6 Å². The number of benzene rings is 3. The molecule has 31 heavy (non-hydrogen) atoms. The smallest absolute Gasteiger partial charge is 0.275 e. The van der Waals surface area contributed by atoms with Crippen LogP contribution in [-0.4, -0.2) is 10.9 Å². The Morgan fingerprint density at radius 3 is 2.65 bits per heavy atom. The molecular formula is C24H18F2N2O2S. The first kappa shape index (κ1) is 20.7.